The molecule has 0 aliphatic rings. The van der Waals surface area contributed by atoms with E-state index in [1.807, 2.05) is 61.9 Å². The van der Waals surface area contributed by atoms with Gasteiger partial charge >= 0.3 is 11.9 Å². The molecular weight excluding hydrogens is 408 g/mol. The number of H-pyrrole nitrogens is 1. The lowest BCUT2D eigenvalue weighted by Gasteiger charge is -2.08. The van der Waals surface area contributed by atoms with E-state index in [2.05, 4.69) is 4.98 Å². The molecule has 172 valence electrons. The highest BCUT2D eigenvalue weighted by Crippen LogP contribution is 2.12. The van der Waals surface area contributed by atoms with E-state index in [1.54, 1.807) is 25.3 Å². The van der Waals surface area contributed by atoms with Crippen molar-refractivity contribution in [2.75, 3.05) is 19.8 Å². The van der Waals surface area contributed by atoms with Crippen LogP contribution in [0.4, 0.5) is 0 Å². The van der Waals surface area contributed by atoms with Crippen LogP contribution in [0.25, 0.3) is 0 Å². The van der Waals surface area contributed by atoms with Gasteiger partial charge in [0.2, 0.25) is 0 Å². The minimum Gasteiger partial charge on any atom is -0.462 e. The number of nitrogens with zero attached hydrogens (tertiary/aromatic N) is 1. The molecular formula is C25H32N2O5. The predicted molar refractivity (Wildman–Crippen MR) is 123 cm³/mol. The Morgan fingerprint density at radius 3 is 2.16 bits per heavy atom. The van der Waals surface area contributed by atoms with Crippen molar-refractivity contribution >= 4 is 11.9 Å². The Balaban J connectivity index is 0.000000278. The van der Waals surface area contributed by atoms with Crippen LogP contribution in [-0.2, 0) is 27.4 Å². The van der Waals surface area contributed by atoms with Crippen LogP contribution in [0.1, 0.15) is 51.5 Å². The van der Waals surface area contributed by atoms with Crippen molar-refractivity contribution in [3.8, 4) is 0 Å². The number of benzene rings is 1. The summed E-state index contributed by atoms with van der Waals surface area (Å²) in [6, 6.07) is 13.6. The van der Waals surface area contributed by atoms with Gasteiger partial charge in [0.05, 0.1) is 37.6 Å². The second kappa shape index (κ2) is 13.2. The molecule has 1 aromatic carbocycles. The number of hydrogen-bond donors (Lipinski definition) is 1. The standard InChI is InChI=1S/C17H21NO3.C8H11NO2/c1-3-21-17(19)16-9-10-18(14(16)2)11-12-20-13-15-7-5-4-6-8-15;1-3-11-8(10)7-4-5-9-6(7)2/h4-10H,3,11-13H2,1-2H3;4-5,9H,3H2,1-2H3. The Labute approximate surface area is 189 Å². The van der Waals surface area contributed by atoms with E-state index in [-0.39, 0.29) is 11.9 Å². The highest BCUT2D eigenvalue weighted by Gasteiger charge is 2.13. The average molecular weight is 441 g/mol. The second-order valence-electron chi connectivity index (χ2n) is 7.00. The van der Waals surface area contributed by atoms with Crippen molar-refractivity contribution in [1.82, 2.24) is 9.55 Å². The van der Waals surface area contributed by atoms with Gasteiger partial charge in [-0.3, -0.25) is 0 Å². The number of aromatic amines is 1. The van der Waals surface area contributed by atoms with Crippen molar-refractivity contribution in [3.05, 3.63) is 82.9 Å². The van der Waals surface area contributed by atoms with Gasteiger partial charge in [0.15, 0.2) is 0 Å². The average Bonchev–Trinajstić information content (AvgIpc) is 3.38. The topological polar surface area (TPSA) is 82.6 Å². The van der Waals surface area contributed by atoms with Gasteiger partial charge in [0.1, 0.15) is 0 Å². The molecule has 0 amide bonds. The van der Waals surface area contributed by atoms with E-state index >= 15 is 0 Å². The number of hydrogen-bond acceptors (Lipinski definition) is 5. The number of carbonyl (C=O) groups excluding carboxylic acids is 2. The molecule has 32 heavy (non-hydrogen) atoms. The van der Waals surface area contributed by atoms with E-state index in [1.165, 1.54) is 0 Å². The van der Waals surface area contributed by atoms with Gasteiger partial charge < -0.3 is 23.8 Å². The predicted octanol–water partition coefficient (Wildman–Crippen LogP) is 4.69. The van der Waals surface area contributed by atoms with Crippen molar-refractivity contribution in [3.63, 3.8) is 0 Å². The molecule has 1 N–H and O–H groups in total. The maximum atomic E-state index is 11.7. The highest BCUT2D eigenvalue weighted by molar-refractivity contribution is 5.91. The number of ether oxygens (including phenoxy) is 3. The fraction of sp³-hybridized carbons (Fsp3) is 0.360. The number of aromatic nitrogens is 2. The van der Waals surface area contributed by atoms with E-state index in [9.17, 15) is 9.59 Å². The summed E-state index contributed by atoms with van der Waals surface area (Å²) in [7, 11) is 0. The summed E-state index contributed by atoms with van der Waals surface area (Å²) >= 11 is 0. The zero-order valence-electron chi connectivity index (χ0n) is 19.2. The first-order valence-corrected chi connectivity index (χ1v) is 10.7. The lowest BCUT2D eigenvalue weighted by Crippen LogP contribution is -2.10. The summed E-state index contributed by atoms with van der Waals surface area (Å²) < 4.78 is 17.5. The number of rotatable bonds is 9. The molecule has 0 bridgehead atoms. The van der Waals surface area contributed by atoms with Crippen LogP contribution >= 0.6 is 0 Å². The minimum absolute atomic E-state index is 0.258. The minimum atomic E-state index is -0.265. The number of aryl methyl sites for hydroxylation is 1. The van der Waals surface area contributed by atoms with E-state index in [0.717, 1.165) is 23.5 Å². The summed E-state index contributed by atoms with van der Waals surface area (Å²) in [6.45, 7) is 10.1. The SMILES string of the molecule is CCOC(=O)c1cc[nH]c1C.CCOC(=O)c1ccn(CCOCc2ccccc2)c1C. The van der Waals surface area contributed by atoms with Gasteiger partial charge in [0.25, 0.3) is 0 Å². The first-order valence-electron chi connectivity index (χ1n) is 10.7. The van der Waals surface area contributed by atoms with Gasteiger partial charge in [-0.1, -0.05) is 30.3 Å². The summed E-state index contributed by atoms with van der Waals surface area (Å²) in [4.78, 5) is 25.7. The zero-order chi connectivity index (χ0) is 23.3. The first-order chi connectivity index (χ1) is 15.5. The van der Waals surface area contributed by atoms with Gasteiger partial charge in [-0.25, -0.2) is 9.59 Å². The molecule has 0 saturated heterocycles. The molecule has 2 heterocycles. The Kier molecular flexibility index (Phi) is 10.3. The quantitative estimate of drug-likeness (QED) is 0.386. The molecule has 0 radical (unpaired) electrons. The smallest absolute Gasteiger partial charge is 0.339 e. The molecule has 0 atom stereocenters. The molecule has 0 aliphatic carbocycles. The normalized spacial score (nSPS) is 10.2. The molecule has 0 fully saturated rings. The largest absolute Gasteiger partial charge is 0.462 e. The number of esters is 2. The molecule has 0 aliphatic heterocycles. The van der Waals surface area contributed by atoms with Crippen LogP contribution in [0, 0.1) is 13.8 Å². The molecule has 0 unspecified atom stereocenters. The number of carbonyl (C=O) groups is 2. The third-order valence-electron chi connectivity index (χ3n) is 4.77. The fourth-order valence-electron chi connectivity index (χ4n) is 3.03. The van der Waals surface area contributed by atoms with Gasteiger partial charge in [0, 0.05) is 30.3 Å². The third kappa shape index (κ3) is 7.42. The van der Waals surface area contributed by atoms with Crippen LogP contribution in [0.3, 0.4) is 0 Å². The maximum Gasteiger partial charge on any atom is 0.339 e. The van der Waals surface area contributed by atoms with Crippen molar-refractivity contribution < 1.29 is 23.8 Å². The maximum absolute atomic E-state index is 11.7. The Morgan fingerprint density at radius 1 is 0.906 bits per heavy atom. The molecule has 2 aromatic heterocycles. The summed E-state index contributed by atoms with van der Waals surface area (Å²) in [5.74, 6) is -0.523. The second-order valence-corrected chi connectivity index (χ2v) is 7.00. The lowest BCUT2D eigenvalue weighted by molar-refractivity contribution is 0.0515. The summed E-state index contributed by atoms with van der Waals surface area (Å²) in [6.07, 6.45) is 3.62. The Bertz CT molecular complexity index is 975. The van der Waals surface area contributed by atoms with E-state index in [0.29, 0.717) is 37.6 Å². The Hall–Kier alpha value is -3.32. The monoisotopic (exact) mass is 440 g/mol. The lowest BCUT2D eigenvalue weighted by atomic mass is 10.2. The molecule has 0 spiro atoms. The van der Waals surface area contributed by atoms with Crippen molar-refractivity contribution in [2.45, 2.75) is 40.8 Å². The van der Waals surface area contributed by atoms with Crippen LogP contribution in [0.15, 0.2) is 54.9 Å². The van der Waals surface area contributed by atoms with Crippen LogP contribution in [0.5, 0.6) is 0 Å². The van der Waals surface area contributed by atoms with Crippen LogP contribution < -0.4 is 0 Å². The molecule has 0 saturated carbocycles. The van der Waals surface area contributed by atoms with Crippen molar-refractivity contribution in [2.24, 2.45) is 0 Å². The van der Waals surface area contributed by atoms with E-state index < -0.39 is 0 Å². The first kappa shape index (κ1) is 24.9. The zero-order valence-corrected chi connectivity index (χ0v) is 19.2. The van der Waals surface area contributed by atoms with Gasteiger partial charge in [-0.05, 0) is 45.4 Å². The molecule has 3 aromatic rings. The fourth-order valence-corrected chi connectivity index (χ4v) is 3.03. The molecule has 7 nitrogen and oxygen atoms in total. The van der Waals surface area contributed by atoms with Crippen molar-refractivity contribution in [1.29, 1.82) is 0 Å². The van der Waals surface area contributed by atoms with Crippen LogP contribution in [-0.4, -0.2) is 41.3 Å². The molecule has 3 rings (SSSR count). The van der Waals surface area contributed by atoms with Crippen LogP contribution in [0.2, 0.25) is 0 Å². The van der Waals surface area contributed by atoms with Gasteiger partial charge in [-0.2, -0.15) is 0 Å². The summed E-state index contributed by atoms with van der Waals surface area (Å²) in [5.41, 5.74) is 4.17. The van der Waals surface area contributed by atoms with Gasteiger partial charge in [-0.15, -0.1) is 0 Å². The number of nitrogens with one attached hydrogen (secondary N) is 1. The summed E-state index contributed by atoms with van der Waals surface area (Å²) in [5, 5.41) is 0. The third-order valence-corrected chi connectivity index (χ3v) is 4.77. The van der Waals surface area contributed by atoms with E-state index in [4.69, 9.17) is 14.2 Å². The Morgan fingerprint density at radius 2 is 1.56 bits per heavy atom. The molecule has 7 heteroatoms. The highest BCUT2D eigenvalue weighted by atomic mass is 16.5.